The predicted molar refractivity (Wildman–Crippen MR) is 81.2 cm³/mol. The number of nitrogens with one attached hydrogen (secondary N) is 2. The minimum atomic E-state index is -0.0949. The Kier molecular flexibility index (Phi) is 5.00. The van der Waals surface area contributed by atoms with Gasteiger partial charge in [0.15, 0.2) is 0 Å². The maximum atomic E-state index is 11.8. The molecule has 2 rings (SSSR count). The smallest absolute Gasteiger partial charge is 0.243 e. The van der Waals surface area contributed by atoms with Crippen LogP contribution in [0.5, 0.6) is 5.75 Å². The molecule has 0 atom stereocenters. The monoisotopic (exact) mass is 270 g/mol. The van der Waals surface area contributed by atoms with E-state index < -0.39 is 0 Å². The van der Waals surface area contributed by atoms with Crippen molar-refractivity contribution in [3.8, 4) is 5.75 Å². The van der Waals surface area contributed by atoms with Gasteiger partial charge in [-0.1, -0.05) is 30.3 Å². The molecule has 0 aliphatic heterocycles. The van der Waals surface area contributed by atoms with Crippen LogP contribution in [0.15, 0.2) is 54.6 Å². The summed E-state index contributed by atoms with van der Waals surface area (Å²) in [4.78, 5) is 11.8. The SMILES string of the molecule is CCOc1ccccc1NCC(=O)Nc1ccccc1. The number of rotatable bonds is 6. The van der Waals surface area contributed by atoms with Crippen molar-refractivity contribution in [1.29, 1.82) is 0 Å². The number of hydrogen-bond donors (Lipinski definition) is 2. The first-order valence-electron chi connectivity index (χ1n) is 6.60. The molecule has 0 fully saturated rings. The molecule has 0 bridgehead atoms. The summed E-state index contributed by atoms with van der Waals surface area (Å²) in [5, 5.41) is 5.90. The summed E-state index contributed by atoms with van der Waals surface area (Å²) >= 11 is 0. The van der Waals surface area contributed by atoms with Gasteiger partial charge in [0.1, 0.15) is 5.75 Å². The molecule has 0 unspecified atom stereocenters. The number of ether oxygens (including phenoxy) is 1. The molecule has 0 spiro atoms. The summed E-state index contributed by atoms with van der Waals surface area (Å²) in [6.45, 7) is 2.72. The first-order valence-corrected chi connectivity index (χ1v) is 6.60. The zero-order valence-electron chi connectivity index (χ0n) is 11.4. The summed E-state index contributed by atoms with van der Waals surface area (Å²) in [6, 6.07) is 17.0. The van der Waals surface area contributed by atoms with Crippen molar-refractivity contribution in [1.82, 2.24) is 0 Å². The van der Waals surface area contributed by atoms with Crippen molar-refractivity contribution >= 4 is 17.3 Å². The van der Waals surface area contributed by atoms with Crippen LogP contribution in [-0.4, -0.2) is 19.1 Å². The number of carbonyl (C=O) groups excluding carboxylic acids is 1. The molecule has 0 saturated heterocycles. The minimum absolute atomic E-state index is 0.0949. The molecule has 1 amide bonds. The Hall–Kier alpha value is -2.49. The van der Waals surface area contributed by atoms with E-state index >= 15 is 0 Å². The standard InChI is InChI=1S/C16H18N2O2/c1-2-20-15-11-7-6-10-14(15)17-12-16(19)18-13-8-4-3-5-9-13/h3-11,17H,2,12H2,1H3,(H,18,19). The fourth-order valence-corrected chi connectivity index (χ4v) is 1.80. The van der Waals surface area contributed by atoms with Crippen molar-refractivity contribution in [3.05, 3.63) is 54.6 Å². The fraction of sp³-hybridized carbons (Fsp3) is 0.188. The lowest BCUT2D eigenvalue weighted by atomic mass is 10.3. The lowest BCUT2D eigenvalue weighted by Gasteiger charge is -2.12. The molecule has 0 aliphatic rings. The Morgan fingerprint density at radius 1 is 1.05 bits per heavy atom. The van der Waals surface area contributed by atoms with Gasteiger partial charge in [-0.25, -0.2) is 0 Å². The molecular weight excluding hydrogens is 252 g/mol. The maximum Gasteiger partial charge on any atom is 0.243 e. The average molecular weight is 270 g/mol. The van der Waals surface area contributed by atoms with Gasteiger partial charge in [-0.3, -0.25) is 4.79 Å². The van der Waals surface area contributed by atoms with Crippen molar-refractivity contribution in [2.45, 2.75) is 6.92 Å². The average Bonchev–Trinajstić information content (AvgIpc) is 2.48. The first-order chi connectivity index (χ1) is 9.79. The second-order valence-electron chi connectivity index (χ2n) is 4.20. The van der Waals surface area contributed by atoms with E-state index in [1.54, 1.807) is 0 Å². The van der Waals surface area contributed by atoms with Gasteiger partial charge < -0.3 is 15.4 Å². The number of para-hydroxylation sites is 3. The topological polar surface area (TPSA) is 50.4 Å². The molecule has 0 heterocycles. The van der Waals surface area contributed by atoms with Gasteiger partial charge in [-0.15, -0.1) is 0 Å². The lowest BCUT2D eigenvalue weighted by molar-refractivity contribution is -0.114. The Labute approximate surface area is 118 Å². The van der Waals surface area contributed by atoms with Crippen LogP contribution in [-0.2, 0) is 4.79 Å². The van der Waals surface area contributed by atoms with Crippen molar-refractivity contribution in [2.75, 3.05) is 23.8 Å². The largest absolute Gasteiger partial charge is 0.492 e. The first kappa shape index (κ1) is 13.9. The molecule has 2 aromatic rings. The van der Waals surface area contributed by atoms with Crippen molar-refractivity contribution in [2.24, 2.45) is 0 Å². The molecule has 0 saturated carbocycles. The van der Waals surface area contributed by atoms with E-state index in [1.165, 1.54) is 0 Å². The van der Waals surface area contributed by atoms with Gasteiger partial charge in [0.05, 0.1) is 18.8 Å². The van der Waals surface area contributed by atoms with E-state index in [0.717, 1.165) is 17.1 Å². The number of benzene rings is 2. The van der Waals surface area contributed by atoms with Crippen LogP contribution < -0.4 is 15.4 Å². The molecule has 0 aromatic heterocycles. The third-order valence-electron chi connectivity index (χ3n) is 2.68. The maximum absolute atomic E-state index is 11.8. The van der Waals surface area contributed by atoms with Crippen LogP contribution in [0.1, 0.15) is 6.92 Å². The van der Waals surface area contributed by atoms with E-state index in [0.29, 0.717) is 6.61 Å². The third-order valence-corrected chi connectivity index (χ3v) is 2.68. The second kappa shape index (κ2) is 7.19. The van der Waals surface area contributed by atoms with Crippen molar-refractivity contribution < 1.29 is 9.53 Å². The Morgan fingerprint density at radius 3 is 2.50 bits per heavy atom. The lowest BCUT2D eigenvalue weighted by Crippen LogP contribution is -2.21. The molecule has 0 aliphatic carbocycles. The van der Waals surface area contributed by atoms with E-state index in [-0.39, 0.29) is 12.5 Å². The highest BCUT2D eigenvalue weighted by molar-refractivity contribution is 5.93. The Morgan fingerprint density at radius 2 is 1.75 bits per heavy atom. The van der Waals surface area contributed by atoms with E-state index in [4.69, 9.17) is 4.74 Å². The molecule has 2 aromatic carbocycles. The van der Waals surface area contributed by atoms with Crippen LogP contribution in [0.3, 0.4) is 0 Å². The molecule has 4 heteroatoms. The second-order valence-corrected chi connectivity index (χ2v) is 4.20. The van der Waals surface area contributed by atoms with E-state index in [9.17, 15) is 4.79 Å². The van der Waals surface area contributed by atoms with Crippen LogP contribution >= 0.6 is 0 Å². The number of hydrogen-bond acceptors (Lipinski definition) is 3. The van der Waals surface area contributed by atoms with Crippen LogP contribution in [0.25, 0.3) is 0 Å². The van der Waals surface area contributed by atoms with E-state index in [2.05, 4.69) is 10.6 Å². The number of carbonyl (C=O) groups is 1. The molecule has 104 valence electrons. The number of amides is 1. The molecule has 0 radical (unpaired) electrons. The van der Waals surface area contributed by atoms with Gasteiger partial charge in [0.25, 0.3) is 0 Å². The summed E-state index contributed by atoms with van der Waals surface area (Å²) in [7, 11) is 0. The summed E-state index contributed by atoms with van der Waals surface area (Å²) < 4.78 is 5.49. The van der Waals surface area contributed by atoms with Gasteiger partial charge in [-0.2, -0.15) is 0 Å². The Bertz CT molecular complexity index is 555. The van der Waals surface area contributed by atoms with E-state index in [1.807, 2.05) is 61.5 Å². The Balaban J connectivity index is 1.90. The summed E-state index contributed by atoms with van der Waals surface area (Å²) in [5.74, 6) is 0.657. The van der Waals surface area contributed by atoms with Crippen LogP contribution in [0.2, 0.25) is 0 Å². The van der Waals surface area contributed by atoms with Gasteiger partial charge in [0.2, 0.25) is 5.91 Å². The van der Waals surface area contributed by atoms with Crippen LogP contribution in [0.4, 0.5) is 11.4 Å². The van der Waals surface area contributed by atoms with Gasteiger partial charge in [0, 0.05) is 5.69 Å². The zero-order valence-corrected chi connectivity index (χ0v) is 11.4. The highest BCUT2D eigenvalue weighted by Crippen LogP contribution is 2.23. The highest BCUT2D eigenvalue weighted by Gasteiger charge is 2.05. The highest BCUT2D eigenvalue weighted by atomic mass is 16.5. The normalized spacial score (nSPS) is 9.85. The summed E-state index contributed by atoms with van der Waals surface area (Å²) in [5.41, 5.74) is 1.61. The third kappa shape index (κ3) is 4.02. The van der Waals surface area contributed by atoms with Crippen molar-refractivity contribution in [3.63, 3.8) is 0 Å². The molecule has 4 nitrogen and oxygen atoms in total. The summed E-state index contributed by atoms with van der Waals surface area (Å²) in [6.07, 6.45) is 0. The molecule has 20 heavy (non-hydrogen) atoms. The predicted octanol–water partition coefficient (Wildman–Crippen LogP) is 3.14. The quantitative estimate of drug-likeness (QED) is 0.848. The fourth-order valence-electron chi connectivity index (χ4n) is 1.80. The number of anilines is 2. The molecule has 2 N–H and O–H groups in total. The minimum Gasteiger partial charge on any atom is -0.492 e. The zero-order chi connectivity index (χ0) is 14.2. The molecular formula is C16H18N2O2. The van der Waals surface area contributed by atoms with Gasteiger partial charge >= 0.3 is 0 Å². The van der Waals surface area contributed by atoms with Crippen LogP contribution in [0, 0.1) is 0 Å². The van der Waals surface area contributed by atoms with Gasteiger partial charge in [-0.05, 0) is 31.2 Å².